The van der Waals surface area contributed by atoms with Crippen molar-refractivity contribution in [3.8, 4) is 0 Å². The van der Waals surface area contributed by atoms with E-state index in [0.717, 1.165) is 0 Å². The highest BCUT2D eigenvalue weighted by Gasteiger charge is 1.96. The summed E-state index contributed by atoms with van der Waals surface area (Å²) < 4.78 is 0. The Balaban J connectivity index is 3.09. The second kappa shape index (κ2) is 3.60. The molecule has 0 radical (unpaired) electrons. The Bertz CT molecular complexity index is 286. The molecule has 0 aromatic heterocycles. The summed E-state index contributed by atoms with van der Waals surface area (Å²) in [5, 5.41) is 12.1. The number of nitrogens with zero attached hydrogens (tertiary/aromatic N) is 1. The van der Waals surface area contributed by atoms with Gasteiger partial charge in [0.05, 0.1) is 11.2 Å². The van der Waals surface area contributed by atoms with Crippen molar-refractivity contribution in [1.82, 2.24) is 0 Å². The zero-order valence-corrected chi connectivity index (χ0v) is 6.97. The first-order chi connectivity index (χ1) is 5.24. The van der Waals surface area contributed by atoms with Gasteiger partial charge in [-0.2, -0.15) is 0 Å². The zero-order valence-electron chi connectivity index (χ0n) is 5.46. The third-order valence-electron chi connectivity index (χ3n) is 1.16. The van der Waals surface area contributed by atoms with E-state index in [2.05, 4.69) is 5.16 Å². The highest BCUT2D eigenvalue weighted by Crippen LogP contribution is 2.19. The first-order valence-corrected chi connectivity index (χ1v) is 3.62. The van der Waals surface area contributed by atoms with Gasteiger partial charge in [-0.05, 0) is 12.1 Å². The minimum Gasteiger partial charge on any atom is -0.411 e. The molecule has 0 spiro atoms. The van der Waals surface area contributed by atoms with Gasteiger partial charge in [0.1, 0.15) is 0 Å². The molecule has 4 heteroatoms. The van der Waals surface area contributed by atoms with Crippen LogP contribution in [0, 0.1) is 0 Å². The van der Waals surface area contributed by atoms with Crippen LogP contribution >= 0.6 is 23.2 Å². The summed E-state index contributed by atoms with van der Waals surface area (Å²) in [6.07, 6.45) is 1.25. The van der Waals surface area contributed by atoms with Crippen molar-refractivity contribution in [2.24, 2.45) is 5.16 Å². The Morgan fingerprint density at radius 3 is 2.64 bits per heavy atom. The van der Waals surface area contributed by atoms with Gasteiger partial charge in [-0.3, -0.25) is 0 Å². The summed E-state index contributed by atoms with van der Waals surface area (Å²) in [5.41, 5.74) is 0.638. The lowest BCUT2D eigenvalue weighted by atomic mass is 10.2. The quantitative estimate of drug-likeness (QED) is 0.412. The van der Waals surface area contributed by atoms with Crippen LogP contribution in [0.3, 0.4) is 0 Å². The minimum atomic E-state index is 0.468. The third-order valence-corrected chi connectivity index (χ3v) is 1.72. The summed E-state index contributed by atoms with van der Waals surface area (Å²) in [5.74, 6) is 0. The molecule has 1 aromatic rings. The molecule has 11 heavy (non-hydrogen) atoms. The molecule has 0 heterocycles. The van der Waals surface area contributed by atoms with Crippen molar-refractivity contribution >= 4 is 29.4 Å². The normalized spacial score (nSPS) is 10.7. The van der Waals surface area contributed by atoms with Crippen LogP contribution in [0.15, 0.2) is 23.4 Å². The molecule has 2 nitrogen and oxygen atoms in total. The van der Waals surface area contributed by atoms with Crippen molar-refractivity contribution in [2.75, 3.05) is 0 Å². The van der Waals surface area contributed by atoms with Crippen LogP contribution in [-0.2, 0) is 0 Å². The van der Waals surface area contributed by atoms with Crippen LogP contribution in [-0.4, -0.2) is 11.4 Å². The van der Waals surface area contributed by atoms with Crippen LogP contribution < -0.4 is 0 Å². The molecule has 0 saturated heterocycles. The summed E-state index contributed by atoms with van der Waals surface area (Å²) in [4.78, 5) is 0. The zero-order chi connectivity index (χ0) is 8.27. The first kappa shape index (κ1) is 8.37. The Morgan fingerprint density at radius 2 is 2.09 bits per heavy atom. The van der Waals surface area contributed by atoms with Gasteiger partial charge in [0.2, 0.25) is 0 Å². The van der Waals surface area contributed by atoms with Gasteiger partial charge in [-0.25, -0.2) is 0 Å². The van der Waals surface area contributed by atoms with Gasteiger partial charge in [0, 0.05) is 10.6 Å². The highest BCUT2D eigenvalue weighted by atomic mass is 35.5. The molecule has 0 saturated carbocycles. The Kier molecular flexibility index (Phi) is 2.74. The predicted octanol–water partition coefficient (Wildman–Crippen LogP) is 2.80. The van der Waals surface area contributed by atoms with Crippen LogP contribution in [0.2, 0.25) is 10.0 Å². The number of rotatable bonds is 1. The molecule has 0 fully saturated rings. The summed E-state index contributed by atoms with van der Waals surface area (Å²) in [6.45, 7) is 0. The lowest BCUT2D eigenvalue weighted by Crippen LogP contribution is -1.81. The van der Waals surface area contributed by atoms with E-state index in [4.69, 9.17) is 28.4 Å². The maximum absolute atomic E-state index is 8.19. The van der Waals surface area contributed by atoms with Gasteiger partial charge < -0.3 is 5.21 Å². The fourth-order valence-corrected chi connectivity index (χ4v) is 1.13. The molecule has 0 aliphatic rings. The Hall–Kier alpha value is -0.730. The van der Waals surface area contributed by atoms with E-state index in [-0.39, 0.29) is 0 Å². The number of benzene rings is 1. The van der Waals surface area contributed by atoms with Crippen molar-refractivity contribution in [3.63, 3.8) is 0 Å². The maximum atomic E-state index is 8.19. The number of halogens is 2. The maximum Gasteiger partial charge on any atom is 0.0748 e. The molecule has 58 valence electrons. The van der Waals surface area contributed by atoms with Gasteiger partial charge in [0.25, 0.3) is 0 Å². The number of hydrogen-bond donors (Lipinski definition) is 1. The van der Waals surface area contributed by atoms with Crippen LogP contribution in [0.25, 0.3) is 0 Å². The van der Waals surface area contributed by atoms with Crippen molar-refractivity contribution < 1.29 is 5.21 Å². The molecular formula is C7H5Cl2NO. The molecule has 1 aromatic carbocycles. The number of hydrogen-bond acceptors (Lipinski definition) is 2. The molecule has 1 N–H and O–H groups in total. The lowest BCUT2D eigenvalue weighted by molar-refractivity contribution is 0.322. The summed E-state index contributed by atoms with van der Waals surface area (Å²) in [6, 6.07) is 4.93. The van der Waals surface area contributed by atoms with Gasteiger partial charge >= 0.3 is 0 Å². The fraction of sp³-hybridized carbons (Fsp3) is 0. The molecular weight excluding hydrogens is 185 g/mol. The van der Waals surface area contributed by atoms with Crippen LogP contribution in [0.5, 0.6) is 0 Å². The Morgan fingerprint density at radius 1 is 1.36 bits per heavy atom. The van der Waals surface area contributed by atoms with E-state index >= 15 is 0 Å². The molecule has 0 aliphatic carbocycles. The van der Waals surface area contributed by atoms with Crippen LogP contribution in [0.4, 0.5) is 0 Å². The van der Waals surface area contributed by atoms with Crippen molar-refractivity contribution in [3.05, 3.63) is 33.8 Å². The van der Waals surface area contributed by atoms with E-state index in [1.54, 1.807) is 18.2 Å². The molecule has 0 bridgehead atoms. The topological polar surface area (TPSA) is 32.6 Å². The molecule has 0 aliphatic heterocycles. The molecule has 1 rings (SSSR count). The lowest BCUT2D eigenvalue weighted by Gasteiger charge is -1.95. The second-order valence-corrected chi connectivity index (χ2v) is 2.75. The van der Waals surface area contributed by atoms with E-state index in [1.807, 2.05) is 0 Å². The van der Waals surface area contributed by atoms with E-state index in [1.165, 1.54) is 6.21 Å². The van der Waals surface area contributed by atoms with E-state index in [0.29, 0.717) is 15.6 Å². The monoisotopic (exact) mass is 189 g/mol. The van der Waals surface area contributed by atoms with Crippen molar-refractivity contribution in [1.29, 1.82) is 0 Å². The second-order valence-electron chi connectivity index (χ2n) is 1.91. The summed E-state index contributed by atoms with van der Waals surface area (Å²) in [7, 11) is 0. The largest absolute Gasteiger partial charge is 0.411 e. The van der Waals surface area contributed by atoms with Gasteiger partial charge in [-0.15, -0.1) is 0 Å². The predicted molar refractivity (Wildman–Crippen MR) is 45.8 cm³/mol. The van der Waals surface area contributed by atoms with Crippen LogP contribution in [0.1, 0.15) is 5.56 Å². The highest BCUT2D eigenvalue weighted by molar-refractivity contribution is 6.36. The smallest absolute Gasteiger partial charge is 0.0748 e. The fourth-order valence-electron chi connectivity index (χ4n) is 0.668. The average Bonchev–Trinajstić information content (AvgIpc) is 1.95. The number of oxime groups is 1. The first-order valence-electron chi connectivity index (χ1n) is 2.86. The standard InChI is InChI=1S/C7H5Cl2NO/c8-6-2-1-5(4-10-11)7(9)3-6/h1-4,11H/b10-4+. The minimum absolute atomic E-state index is 0.468. The Labute approximate surface area is 74.0 Å². The third kappa shape index (κ3) is 2.10. The summed E-state index contributed by atoms with van der Waals surface area (Å²) >= 11 is 11.3. The van der Waals surface area contributed by atoms with Crippen molar-refractivity contribution in [2.45, 2.75) is 0 Å². The average molecular weight is 190 g/mol. The molecule has 0 unspecified atom stereocenters. The SMILES string of the molecule is O/N=C/c1ccc(Cl)cc1Cl. The van der Waals surface area contributed by atoms with Gasteiger partial charge in [0.15, 0.2) is 0 Å². The van der Waals surface area contributed by atoms with Gasteiger partial charge in [-0.1, -0.05) is 34.4 Å². The van der Waals surface area contributed by atoms with E-state index < -0.39 is 0 Å². The van der Waals surface area contributed by atoms with E-state index in [9.17, 15) is 0 Å². The molecule has 0 atom stereocenters. The molecule has 0 amide bonds.